The van der Waals surface area contributed by atoms with Gasteiger partial charge in [-0.05, 0) is 31.0 Å². The first-order valence-electron chi connectivity index (χ1n) is 5.73. The first-order valence-corrected chi connectivity index (χ1v) is 5.73. The van der Waals surface area contributed by atoms with Crippen LogP contribution in [0.2, 0.25) is 0 Å². The van der Waals surface area contributed by atoms with Gasteiger partial charge in [0.25, 0.3) is 0 Å². The first kappa shape index (κ1) is 11.8. The van der Waals surface area contributed by atoms with Gasteiger partial charge in [0.2, 0.25) is 0 Å². The van der Waals surface area contributed by atoms with E-state index in [1.807, 2.05) is 18.2 Å². The molecule has 1 heterocycles. The molecule has 92 valence electrons. The van der Waals surface area contributed by atoms with Crippen LogP contribution in [0.1, 0.15) is 30.7 Å². The van der Waals surface area contributed by atoms with E-state index >= 15 is 0 Å². The molecule has 0 amide bonds. The van der Waals surface area contributed by atoms with Crippen LogP contribution in [0.5, 0.6) is 11.5 Å². The Morgan fingerprint density at radius 2 is 2.41 bits per heavy atom. The molecule has 0 fully saturated rings. The summed E-state index contributed by atoms with van der Waals surface area (Å²) in [7, 11) is 1.64. The summed E-state index contributed by atoms with van der Waals surface area (Å²) in [6.45, 7) is 0.641. The van der Waals surface area contributed by atoms with Crippen LogP contribution < -0.4 is 9.47 Å². The number of methoxy groups -OCH3 is 1. The molecular weight excluding hydrogens is 220 g/mol. The van der Waals surface area contributed by atoms with Gasteiger partial charge in [0.05, 0.1) is 13.7 Å². The molecule has 0 aliphatic carbocycles. The van der Waals surface area contributed by atoms with Gasteiger partial charge in [-0.15, -0.1) is 0 Å². The summed E-state index contributed by atoms with van der Waals surface area (Å²) < 4.78 is 10.7. The molecule has 0 bridgehead atoms. The third-order valence-electron chi connectivity index (χ3n) is 3.04. The van der Waals surface area contributed by atoms with E-state index in [4.69, 9.17) is 14.6 Å². The van der Waals surface area contributed by atoms with Gasteiger partial charge < -0.3 is 14.6 Å². The zero-order valence-electron chi connectivity index (χ0n) is 9.81. The van der Waals surface area contributed by atoms with E-state index in [0.29, 0.717) is 18.9 Å². The average Bonchev–Trinajstić information content (AvgIpc) is 2.71. The SMILES string of the molecule is COc1ccc2c(c1)[C@H](CCCC(=O)O)CO2. The van der Waals surface area contributed by atoms with Crippen molar-refractivity contribution in [2.75, 3.05) is 13.7 Å². The molecule has 0 unspecified atom stereocenters. The number of hydrogen-bond acceptors (Lipinski definition) is 3. The van der Waals surface area contributed by atoms with E-state index in [-0.39, 0.29) is 6.42 Å². The first-order chi connectivity index (χ1) is 8.20. The van der Waals surface area contributed by atoms with Gasteiger partial charge in [0, 0.05) is 17.9 Å². The Hall–Kier alpha value is -1.71. The van der Waals surface area contributed by atoms with Gasteiger partial charge in [-0.1, -0.05) is 0 Å². The predicted molar refractivity (Wildman–Crippen MR) is 62.7 cm³/mol. The maximum absolute atomic E-state index is 10.5. The predicted octanol–water partition coefficient (Wildman–Crippen LogP) is 2.43. The number of carboxylic acids is 1. The van der Waals surface area contributed by atoms with Gasteiger partial charge in [0.15, 0.2) is 0 Å². The number of carboxylic acid groups (broad SMARTS) is 1. The summed E-state index contributed by atoms with van der Waals surface area (Å²) in [5.74, 6) is 1.26. The molecule has 1 aliphatic heterocycles. The van der Waals surface area contributed by atoms with E-state index in [1.54, 1.807) is 7.11 Å². The number of hydrogen-bond donors (Lipinski definition) is 1. The normalized spacial score (nSPS) is 17.4. The second kappa shape index (κ2) is 5.08. The van der Waals surface area contributed by atoms with E-state index in [0.717, 1.165) is 23.5 Å². The molecule has 17 heavy (non-hydrogen) atoms. The van der Waals surface area contributed by atoms with Gasteiger partial charge in [-0.25, -0.2) is 0 Å². The highest BCUT2D eigenvalue weighted by Gasteiger charge is 2.24. The van der Waals surface area contributed by atoms with E-state index in [1.165, 1.54) is 0 Å². The lowest BCUT2D eigenvalue weighted by molar-refractivity contribution is -0.137. The van der Waals surface area contributed by atoms with Crippen molar-refractivity contribution < 1.29 is 19.4 Å². The lowest BCUT2D eigenvalue weighted by Crippen LogP contribution is -2.02. The molecule has 4 nitrogen and oxygen atoms in total. The monoisotopic (exact) mass is 236 g/mol. The minimum Gasteiger partial charge on any atom is -0.497 e. The fourth-order valence-electron chi connectivity index (χ4n) is 2.12. The van der Waals surface area contributed by atoms with E-state index < -0.39 is 5.97 Å². The number of carbonyl (C=O) groups is 1. The second-order valence-electron chi connectivity index (χ2n) is 4.20. The third-order valence-corrected chi connectivity index (χ3v) is 3.04. The Labute approximate surface area is 100 Å². The number of ether oxygens (including phenoxy) is 2. The van der Waals surface area contributed by atoms with Crippen LogP contribution in [-0.2, 0) is 4.79 Å². The lowest BCUT2D eigenvalue weighted by Gasteiger charge is -2.08. The Morgan fingerprint density at radius 3 is 3.12 bits per heavy atom. The van der Waals surface area contributed by atoms with Crippen molar-refractivity contribution in [1.82, 2.24) is 0 Å². The summed E-state index contributed by atoms with van der Waals surface area (Å²) in [5.41, 5.74) is 1.13. The molecule has 1 aromatic rings. The summed E-state index contributed by atoms with van der Waals surface area (Å²) in [5, 5.41) is 8.61. The minimum atomic E-state index is -0.741. The summed E-state index contributed by atoms with van der Waals surface area (Å²) in [6, 6.07) is 5.76. The van der Waals surface area contributed by atoms with Crippen LogP contribution in [0.4, 0.5) is 0 Å². The van der Waals surface area contributed by atoms with Crippen molar-refractivity contribution in [1.29, 1.82) is 0 Å². The van der Waals surface area contributed by atoms with Crippen molar-refractivity contribution in [3.05, 3.63) is 23.8 Å². The molecule has 0 saturated carbocycles. The maximum Gasteiger partial charge on any atom is 0.303 e. The molecule has 0 spiro atoms. The topological polar surface area (TPSA) is 55.8 Å². The van der Waals surface area contributed by atoms with Gasteiger partial charge in [-0.2, -0.15) is 0 Å². The highest BCUT2D eigenvalue weighted by molar-refractivity contribution is 5.66. The second-order valence-corrected chi connectivity index (χ2v) is 4.20. The van der Waals surface area contributed by atoms with Crippen LogP contribution in [0.15, 0.2) is 18.2 Å². The summed E-state index contributed by atoms with van der Waals surface area (Å²) in [4.78, 5) is 10.5. The van der Waals surface area contributed by atoms with E-state index in [9.17, 15) is 4.79 Å². The molecule has 1 atom stereocenters. The fourth-order valence-corrected chi connectivity index (χ4v) is 2.12. The van der Waals surface area contributed by atoms with Crippen molar-refractivity contribution >= 4 is 5.97 Å². The van der Waals surface area contributed by atoms with Crippen molar-refractivity contribution in [2.24, 2.45) is 0 Å². The highest BCUT2D eigenvalue weighted by Crippen LogP contribution is 2.38. The van der Waals surface area contributed by atoms with Crippen molar-refractivity contribution in [3.8, 4) is 11.5 Å². The number of fused-ring (bicyclic) bond motifs is 1. The zero-order chi connectivity index (χ0) is 12.3. The standard InChI is InChI=1S/C13H16O4/c1-16-10-5-6-12-11(7-10)9(8-17-12)3-2-4-13(14)15/h5-7,9H,2-4,8H2,1H3,(H,14,15)/t9-/m1/s1. The molecule has 1 aliphatic rings. The Balaban J connectivity index is 2.02. The molecule has 0 radical (unpaired) electrons. The van der Waals surface area contributed by atoms with Crippen LogP contribution in [0, 0.1) is 0 Å². The Bertz CT molecular complexity index is 414. The molecule has 4 heteroatoms. The number of rotatable bonds is 5. The van der Waals surface area contributed by atoms with Crippen LogP contribution >= 0.6 is 0 Å². The largest absolute Gasteiger partial charge is 0.497 e. The summed E-state index contributed by atoms with van der Waals surface area (Å²) >= 11 is 0. The fraction of sp³-hybridized carbons (Fsp3) is 0.462. The van der Waals surface area contributed by atoms with Crippen LogP contribution in [0.3, 0.4) is 0 Å². The van der Waals surface area contributed by atoms with Crippen molar-refractivity contribution in [2.45, 2.75) is 25.2 Å². The van der Waals surface area contributed by atoms with Gasteiger partial charge >= 0.3 is 5.97 Å². The number of benzene rings is 1. The molecule has 1 aromatic carbocycles. The summed E-state index contributed by atoms with van der Waals surface area (Å²) in [6.07, 6.45) is 1.74. The molecule has 1 N–H and O–H groups in total. The lowest BCUT2D eigenvalue weighted by atomic mass is 9.95. The molecule has 0 aromatic heterocycles. The van der Waals surface area contributed by atoms with Gasteiger partial charge in [0.1, 0.15) is 11.5 Å². The quantitative estimate of drug-likeness (QED) is 0.853. The molecule has 0 saturated heterocycles. The Morgan fingerprint density at radius 1 is 1.59 bits per heavy atom. The maximum atomic E-state index is 10.5. The Kier molecular flexibility index (Phi) is 3.52. The van der Waals surface area contributed by atoms with Crippen LogP contribution in [-0.4, -0.2) is 24.8 Å². The minimum absolute atomic E-state index is 0.218. The highest BCUT2D eigenvalue weighted by atomic mass is 16.5. The van der Waals surface area contributed by atoms with E-state index in [2.05, 4.69) is 0 Å². The average molecular weight is 236 g/mol. The molecule has 2 rings (SSSR count). The molecular formula is C13H16O4. The third kappa shape index (κ3) is 2.70. The van der Waals surface area contributed by atoms with Crippen LogP contribution in [0.25, 0.3) is 0 Å². The smallest absolute Gasteiger partial charge is 0.303 e. The number of aliphatic carboxylic acids is 1. The zero-order valence-corrected chi connectivity index (χ0v) is 9.81. The van der Waals surface area contributed by atoms with Gasteiger partial charge in [-0.3, -0.25) is 4.79 Å². The van der Waals surface area contributed by atoms with Crippen molar-refractivity contribution in [3.63, 3.8) is 0 Å².